The van der Waals surface area contributed by atoms with E-state index in [9.17, 15) is 14.9 Å². The van der Waals surface area contributed by atoms with Gasteiger partial charge in [0.25, 0.3) is 11.6 Å². The number of amides is 1. The van der Waals surface area contributed by atoms with Gasteiger partial charge in [-0.3, -0.25) is 14.9 Å². The number of carbonyl (C=O) groups excluding carboxylic acids is 1. The predicted molar refractivity (Wildman–Crippen MR) is 111 cm³/mol. The fourth-order valence-electron chi connectivity index (χ4n) is 2.80. The highest BCUT2D eigenvalue weighted by atomic mass is 16.6. The van der Waals surface area contributed by atoms with E-state index in [1.165, 1.54) is 6.07 Å². The highest BCUT2D eigenvalue weighted by Gasteiger charge is 2.16. The average Bonchev–Trinajstić information content (AvgIpc) is 2.70. The molecule has 0 unspecified atom stereocenters. The molecule has 6 heteroatoms. The standard InChI is InChI=1S/C22H21N3O3/c1-16-7-9-18(10-8-16)22(26)24-19-11-12-20(21(15-19)25(27)28)23-14-13-17-5-3-2-4-6-17/h2-12,15,23H,13-14H2,1H3,(H,24,26). The number of nitro benzene ring substituents is 1. The Morgan fingerprint density at radius 2 is 1.71 bits per heavy atom. The third-order valence-electron chi connectivity index (χ3n) is 4.34. The summed E-state index contributed by atoms with van der Waals surface area (Å²) in [5, 5.41) is 17.3. The van der Waals surface area contributed by atoms with Crippen LogP contribution in [-0.4, -0.2) is 17.4 Å². The topological polar surface area (TPSA) is 84.3 Å². The third kappa shape index (κ3) is 4.94. The number of benzene rings is 3. The smallest absolute Gasteiger partial charge is 0.294 e. The molecule has 3 aromatic carbocycles. The van der Waals surface area contributed by atoms with Crippen LogP contribution in [0.4, 0.5) is 17.1 Å². The van der Waals surface area contributed by atoms with Gasteiger partial charge in [-0.05, 0) is 43.2 Å². The van der Waals surface area contributed by atoms with Crippen molar-refractivity contribution in [3.05, 3.63) is 99.6 Å². The summed E-state index contributed by atoms with van der Waals surface area (Å²) in [6.07, 6.45) is 0.754. The molecule has 0 heterocycles. The summed E-state index contributed by atoms with van der Waals surface area (Å²) in [5.41, 5.74) is 3.44. The fraction of sp³-hybridized carbons (Fsp3) is 0.136. The minimum absolute atomic E-state index is 0.0743. The Morgan fingerprint density at radius 1 is 1.00 bits per heavy atom. The predicted octanol–water partition coefficient (Wildman–Crippen LogP) is 4.81. The zero-order valence-electron chi connectivity index (χ0n) is 15.5. The van der Waals surface area contributed by atoms with Gasteiger partial charge in [-0.1, -0.05) is 48.0 Å². The fourth-order valence-corrected chi connectivity index (χ4v) is 2.80. The van der Waals surface area contributed by atoms with E-state index in [-0.39, 0.29) is 11.6 Å². The highest BCUT2D eigenvalue weighted by Crippen LogP contribution is 2.28. The first-order valence-corrected chi connectivity index (χ1v) is 8.97. The molecular weight excluding hydrogens is 354 g/mol. The van der Waals surface area contributed by atoms with Crippen molar-refractivity contribution in [2.75, 3.05) is 17.2 Å². The number of aryl methyl sites for hydroxylation is 1. The zero-order chi connectivity index (χ0) is 19.9. The number of anilines is 2. The van der Waals surface area contributed by atoms with Crippen LogP contribution >= 0.6 is 0 Å². The molecule has 0 fully saturated rings. The van der Waals surface area contributed by atoms with Crippen molar-refractivity contribution >= 4 is 23.0 Å². The lowest BCUT2D eigenvalue weighted by Crippen LogP contribution is -2.12. The van der Waals surface area contributed by atoms with Crippen LogP contribution in [0.3, 0.4) is 0 Å². The minimum atomic E-state index is -0.452. The molecule has 3 rings (SSSR count). The number of nitrogens with one attached hydrogen (secondary N) is 2. The molecular formula is C22H21N3O3. The maximum absolute atomic E-state index is 12.3. The van der Waals surface area contributed by atoms with Crippen molar-refractivity contribution in [2.45, 2.75) is 13.3 Å². The van der Waals surface area contributed by atoms with Gasteiger partial charge in [-0.2, -0.15) is 0 Å². The number of nitrogens with zero attached hydrogens (tertiary/aromatic N) is 1. The summed E-state index contributed by atoms with van der Waals surface area (Å²) < 4.78 is 0. The normalized spacial score (nSPS) is 10.3. The van der Waals surface area contributed by atoms with E-state index in [0.29, 0.717) is 23.5 Å². The first-order chi connectivity index (χ1) is 13.5. The molecule has 0 saturated heterocycles. The van der Waals surface area contributed by atoms with E-state index in [1.54, 1.807) is 24.3 Å². The van der Waals surface area contributed by atoms with E-state index in [1.807, 2.05) is 49.4 Å². The summed E-state index contributed by atoms with van der Waals surface area (Å²) in [7, 11) is 0. The van der Waals surface area contributed by atoms with E-state index in [2.05, 4.69) is 10.6 Å². The van der Waals surface area contributed by atoms with E-state index >= 15 is 0 Å². The van der Waals surface area contributed by atoms with Crippen molar-refractivity contribution in [3.63, 3.8) is 0 Å². The molecule has 0 aliphatic carbocycles. The van der Waals surface area contributed by atoms with Gasteiger partial charge in [-0.15, -0.1) is 0 Å². The number of rotatable bonds is 7. The molecule has 0 atom stereocenters. The summed E-state index contributed by atoms with van der Waals surface area (Å²) in [6, 6.07) is 21.7. The van der Waals surface area contributed by atoms with Gasteiger partial charge in [0.05, 0.1) is 4.92 Å². The summed E-state index contributed by atoms with van der Waals surface area (Å²) in [6.45, 7) is 2.51. The Hall–Kier alpha value is -3.67. The molecule has 0 radical (unpaired) electrons. The molecule has 0 aliphatic heterocycles. The Labute approximate surface area is 163 Å². The van der Waals surface area contributed by atoms with Crippen LogP contribution in [0.1, 0.15) is 21.5 Å². The van der Waals surface area contributed by atoms with Crippen LogP contribution in [0.15, 0.2) is 72.8 Å². The number of carbonyl (C=O) groups is 1. The quantitative estimate of drug-likeness (QED) is 0.458. The SMILES string of the molecule is Cc1ccc(C(=O)Nc2ccc(NCCc3ccccc3)c([N+](=O)[O-])c2)cc1. The van der Waals surface area contributed by atoms with Crippen LogP contribution in [0.5, 0.6) is 0 Å². The van der Waals surface area contributed by atoms with Crippen molar-refractivity contribution in [3.8, 4) is 0 Å². The van der Waals surface area contributed by atoms with E-state index < -0.39 is 4.92 Å². The van der Waals surface area contributed by atoms with Crippen molar-refractivity contribution in [1.82, 2.24) is 0 Å². The van der Waals surface area contributed by atoms with Crippen LogP contribution in [-0.2, 0) is 6.42 Å². The van der Waals surface area contributed by atoms with Crippen LogP contribution < -0.4 is 10.6 Å². The molecule has 28 heavy (non-hydrogen) atoms. The lowest BCUT2D eigenvalue weighted by atomic mass is 10.1. The second kappa shape index (κ2) is 8.81. The van der Waals surface area contributed by atoms with Crippen molar-refractivity contribution in [1.29, 1.82) is 0 Å². The molecule has 142 valence electrons. The Morgan fingerprint density at radius 3 is 2.39 bits per heavy atom. The molecule has 0 aromatic heterocycles. The first kappa shape index (κ1) is 19.1. The lowest BCUT2D eigenvalue weighted by molar-refractivity contribution is -0.383. The summed E-state index contributed by atoms with van der Waals surface area (Å²) in [4.78, 5) is 23.3. The molecule has 0 spiro atoms. The van der Waals surface area contributed by atoms with E-state index in [4.69, 9.17) is 0 Å². The molecule has 0 aliphatic rings. The van der Waals surface area contributed by atoms with Gasteiger partial charge in [0.15, 0.2) is 0 Å². The van der Waals surface area contributed by atoms with E-state index in [0.717, 1.165) is 17.5 Å². The number of hydrogen-bond donors (Lipinski definition) is 2. The zero-order valence-corrected chi connectivity index (χ0v) is 15.5. The van der Waals surface area contributed by atoms with Crippen molar-refractivity contribution in [2.24, 2.45) is 0 Å². The molecule has 2 N–H and O–H groups in total. The average molecular weight is 375 g/mol. The second-order valence-electron chi connectivity index (χ2n) is 6.47. The van der Waals surface area contributed by atoms with Gasteiger partial charge in [0.2, 0.25) is 0 Å². The van der Waals surface area contributed by atoms with Crippen molar-refractivity contribution < 1.29 is 9.72 Å². The number of nitro groups is 1. The monoisotopic (exact) mass is 375 g/mol. The Balaban J connectivity index is 1.69. The number of hydrogen-bond acceptors (Lipinski definition) is 4. The Bertz CT molecular complexity index is 970. The van der Waals surface area contributed by atoms with Gasteiger partial charge in [0, 0.05) is 23.9 Å². The summed E-state index contributed by atoms with van der Waals surface area (Å²) >= 11 is 0. The molecule has 6 nitrogen and oxygen atoms in total. The van der Waals surface area contributed by atoms with Crippen LogP contribution in [0.2, 0.25) is 0 Å². The van der Waals surface area contributed by atoms with Crippen LogP contribution in [0, 0.1) is 17.0 Å². The first-order valence-electron chi connectivity index (χ1n) is 8.97. The van der Waals surface area contributed by atoms with Gasteiger partial charge in [0.1, 0.15) is 5.69 Å². The molecule has 0 saturated carbocycles. The largest absolute Gasteiger partial charge is 0.379 e. The Kier molecular flexibility index (Phi) is 6.01. The maximum atomic E-state index is 12.3. The molecule has 0 bridgehead atoms. The van der Waals surface area contributed by atoms with Crippen LogP contribution in [0.25, 0.3) is 0 Å². The second-order valence-corrected chi connectivity index (χ2v) is 6.47. The lowest BCUT2D eigenvalue weighted by Gasteiger charge is -2.10. The van der Waals surface area contributed by atoms with Gasteiger partial charge < -0.3 is 10.6 Å². The minimum Gasteiger partial charge on any atom is -0.379 e. The third-order valence-corrected chi connectivity index (χ3v) is 4.34. The highest BCUT2D eigenvalue weighted by molar-refractivity contribution is 6.04. The maximum Gasteiger partial charge on any atom is 0.294 e. The van der Waals surface area contributed by atoms with Gasteiger partial charge >= 0.3 is 0 Å². The summed E-state index contributed by atoms with van der Waals surface area (Å²) in [5.74, 6) is -0.306. The molecule has 1 amide bonds. The molecule has 3 aromatic rings. The van der Waals surface area contributed by atoms with Gasteiger partial charge in [-0.25, -0.2) is 0 Å².